The van der Waals surface area contributed by atoms with Crippen LogP contribution in [0.2, 0.25) is 0 Å². The van der Waals surface area contributed by atoms with Crippen molar-refractivity contribution in [3.8, 4) is 0 Å². The fraction of sp³-hybridized carbons (Fsp3) is 1.00. The molecule has 0 atom stereocenters. The van der Waals surface area contributed by atoms with Gasteiger partial charge in [0.2, 0.25) is 0 Å². The van der Waals surface area contributed by atoms with E-state index in [4.69, 9.17) is 0 Å². The van der Waals surface area contributed by atoms with Gasteiger partial charge >= 0.3 is 0 Å². The summed E-state index contributed by atoms with van der Waals surface area (Å²) in [4.78, 5) is 2.91. The lowest BCUT2D eigenvalue weighted by molar-refractivity contribution is 0.102. The monoisotopic (exact) mass is 620 g/mol. The Labute approximate surface area is 282 Å². The van der Waals surface area contributed by atoms with Gasteiger partial charge in [0.15, 0.2) is 0 Å². The van der Waals surface area contributed by atoms with E-state index in [1.54, 1.807) is 0 Å². The molecule has 0 unspecified atom stereocenters. The van der Waals surface area contributed by atoms with Gasteiger partial charge in [-0.25, -0.2) is 0 Å². The van der Waals surface area contributed by atoms with E-state index in [0.29, 0.717) is 5.54 Å². The van der Waals surface area contributed by atoms with Gasteiger partial charge in [0, 0.05) is 5.54 Å². The normalized spacial score (nSPS) is 12.1. The van der Waals surface area contributed by atoms with Gasteiger partial charge in [0.05, 0.1) is 0 Å². The molecule has 0 fully saturated rings. The van der Waals surface area contributed by atoms with Crippen LogP contribution in [0.5, 0.6) is 0 Å². The third kappa shape index (κ3) is 31.9. The summed E-state index contributed by atoms with van der Waals surface area (Å²) in [5, 5.41) is 0. The quantitative estimate of drug-likeness (QED) is 0.0621. The van der Waals surface area contributed by atoms with E-state index >= 15 is 0 Å². The molecule has 1 heteroatoms. The summed E-state index contributed by atoms with van der Waals surface area (Å²) in [6.07, 6.45) is 50.7. The number of rotatable bonds is 38. The van der Waals surface area contributed by atoms with Crippen molar-refractivity contribution in [1.29, 1.82) is 0 Å². The highest BCUT2D eigenvalue weighted by atomic mass is 15.2. The summed E-state index contributed by atoms with van der Waals surface area (Å²) in [7, 11) is 0. The molecule has 0 aliphatic carbocycles. The Morgan fingerprint density at radius 3 is 0.727 bits per heavy atom. The Morgan fingerprint density at radius 1 is 0.273 bits per heavy atom. The molecule has 0 N–H and O–H groups in total. The molecule has 0 aliphatic heterocycles. The smallest absolute Gasteiger partial charge is 0.0153 e. The maximum atomic E-state index is 2.91. The van der Waals surface area contributed by atoms with Crippen molar-refractivity contribution < 1.29 is 0 Å². The van der Waals surface area contributed by atoms with Crippen LogP contribution < -0.4 is 0 Å². The van der Waals surface area contributed by atoms with Crippen LogP contribution in [-0.4, -0.2) is 23.5 Å². The standard InChI is InChI=1S/C43H89N/c1-6-9-12-15-17-19-21-23-25-27-29-31-33-35-38-41-44(43(4,5)40-37-14-11-8-3)42-39-36-34-32-30-28-26-24-22-20-18-16-13-10-7-2/h6-42H2,1-5H3. The molecular weight excluding hydrogens is 530 g/mol. The average Bonchev–Trinajstić information content (AvgIpc) is 3.02. The van der Waals surface area contributed by atoms with E-state index < -0.39 is 0 Å². The second-order valence-corrected chi connectivity index (χ2v) is 15.5. The van der Waals surface area contributed by atoms with Gasteiger partial charge in [-0.05, 0) is 46.2 Å². The first-order chi connectivity index (χ1) is 21.6. The Balaban J connectivity index is 3.95. The fourth-order valence-corrected chi connectivity index (χ4v) is 7.21. The molecule has 0 rings (SSSR count). The van der Waals surface area contributed by atoms with Crippen molar-refractivity contribution in [1.82, 2.24) is 4.90 Å². The first-order valence-electron chi connectivity index (χ1n) is 21.3. The highest BCUT2D eigenvalue weighted by molar-refractivity contribution is 4.81. The Bertz CT molecular complexity index is 477. The Hall–Kier alpha value is -0.0400. The first kappa shape index (κ1) is 44.0. The van der Waals surface area contributed by atoms with Crippen molar-refractivity contribution in [3.05, 3.63) is 0 Å². The highest BCUT2D eigenvalue weighted by Crippen LogP contribution is 2.25. The molecule has 0 radical (unpaired) electrons. The summed E-state index contributed by atoms with van der Waals surface area (Å²) in [6.45, 7) is 14.7. The number of hydrogen-bond acceptors (Lipinski definition) is 1. The van der Waals surface area contributed by atoms with Crippen LogP contribution >= 0.6 is 0 Å². The van der Waals surface area contributed by atoms with E-state index in [0.717, 1.165) is 0 Å². The topological polar surface area (TPSA) is 3.24 Å². The molecule has 0 spiro atoms. The van der Waals surface area contributed by atoms with Gasteiger partial charge in [0.1, 0.15) is 0 Å². The SMILES string of the molecule is CCCCCCCCCCCCCCCCCN(CCCCCCCCCCCCCCCCC)C(C)(C)CCCCCC. The minimum Gasteiger partial charge on any atom is -0.298 e. The van der Waals surface area contributed by atoms with Gasteiger partial charge in [-0.2, -0.15) is 0 Å². The molecule has 44 heavy (non-hydrogen) atoms. The van der Waals surface area contributed by atoms with Gasteiger partial charge in [-0.3, -0.25) is 4.90 Å². The van der Waals surface area contributed by atoms with E-state index in [-0.39, 0.29) is 0 Å². The Kier molecular flexibility index (Phi) is 35.8. The number of hydrogen-bond donors (Lipinski definition) is 0. The summed E-state index contributed by atoms with van der Waals surface area (Å²) in [5.74, 6) is 0. The zero-order valence-electron chi connectivity index (χ0n) is 32.1. The predicted octanol–water partition coefficient (Wildman–Crippen LogP) is 15.8. The molecule has 0 aromatic carbocycles. The second kappa shape index (κ2) is 35.8. The van der Waals surface area contributed by atoms with Crippen LogP contribution in [0.1, 0.15) is 259 Å². The molecule has 0 aromatic rings. The maximum Gasteiger partial charge on any atom is 0.0153 e. The van der Waals surface area contributed by atoms with Gasteiger partial charge in [0.25, 0.3) is 0 Å². The maximum absolute atomic E-state index is 2.91. The van der Waals surface area contributed by atoms with Crippen molar-refractivity contribution in [2.75, 3.05) is 13.1 Å². The molecule has 0 heterocycles. The zero-order chi connectivity index (χ0) is 32.2. The lowest BCUT2D eigenvalue weighted by atomic mass is 9.93. The van der Waals surface area contributed by atoms with E-state index in [2.05, 4.69) is 39.5 Å². The fourth-order valence-electron chi connectivity index (χ4n) is 7.21. The summed E-state index contributed by atoms with van der Waals surface area (Å²) in [6, 6.07) is 0. The molecule has 0 bridgehead atoms. The lowest BCUT2D eigenvalue weighted by Crippen LogP contribution is -2.45. The van der Waals surface area contributed by atoms with Crippen molar-refractivity contribution in [3.63, 3.8) is 0 Å². The molecular formula is C43H89N. The third-order valence-electron chi connectivity index (χ3n) is 10.6. The number of unbranched alkanes of at least 4 members (excludes halogenated alkanes) is 31. The van der Waals surface area contributed by atoms with Gasteiger partial charge in [-0.15, -0.1) is 0 Å². The van der Waals surface area contributed by atoms with Gasteiger partial charge in [-0.1, -0.05) is 226 Å². The van der Waals surface area contributed by atoms with E-state index in [1.165, 1.54) is 238 Å². The highest BCUT2D eigenvalue weighted by Gasteiger charge is 2.25. The molecule has 0 amide bonds. The minimum atomic E-state index is 0.375. The predicted molar refractivity (Wildman–Crippen MR) is 204 cm³/mol. The minimum absolute atomic E-state index is 0.375. The molecule has 0 aromatic heterocycles. The van der Waals surface area contributed by atoms with Crippen LogP contribution in [0.25, 0.3) is 0 Å². The molecule has 0 saturated heterocycles. The summed E-state index contributed by atoms with van der Waals surface area (Å²) in [5.41, 5.74) is 0.375. The average molecular weight is 620 g/mol. The largest absolute Gasteiger partial charge is 0.298 e. The molecule has 1 nitrogen and oxygen atoms in total. The van der Waals surface area contributed by atoms with E-state index in [9.17, 15) is 0 Å². The van der Waals surface area contributed by atoms with Crippen LogP contribution in [0.15, 0.2) is 0 Å². The van der Waals surface area contributed by atoms with Crippen LogP contribution in [0.3, 0.4) is 0 Å². The summed E-state index contributed by atoms with van der Waals surface area (Å²) < 4.78 is 0. The van der Waals surface area contributed by atoms with Crippen molar-refractivity contribution >= 4 is 0 Å². The van der Waals surface area contributed by atoms with Crippen molar-refractivity contribution in [2.45, 2.75) is 265 Å². The first-order valence-corrected chi connectivity index (χ1v) is 21.3. The lowest BCUT2D eigenvalue weighted by Gasteiger charge is -2.39. The van der Waals surface area contributed by atoms with Crippen LogP contribution in [0, 0.1) is 0 Å². The summed E-state index contributed by atoms with van der Waals surface area (Å²) >= 11 is 0. The second-order valence-electron chi connectivity index (χ2n) is 15.5. The Morgan fingerprint density at radius 2 is 0.477 bits per heavy atom. The molecule has 0 saturated carbocycles. The molecule has 266 valence electrons. The van der Waals surface area contributed by atoms with Gasteiger partial charge < -0.3 is 0 Å². The number of nitrogens with zero attached hydrogens (tertiary/aromatic N) is 1. The molecule has 0 aliphatic rings. The zero-order valence-corrected chi connectivity index (χ0v) is 32.1. The third-order valence-corrected chi connectivity index (χ3v) is 10.6. The van der Waals surface area contributed by atoms with Crippen molar-refractivity contribution in [2.24, 2.45) is 0 Å². The van der Waals surface area contributed by atoms with E-state index in [1.807, 2.05) is 0 Å². The van der Waals surface area contributed by atoms with Crippen LogP contribution in [0.4, 0.5) is 0 Å². The van der Waals surface area contributed by atoms with Crippen LogP contribution in [-0.2, 0) is 0 Å².